The van der Waals surface area contributed by atoms with E-state index in [4.69, 9.17) is 11.6 Å². The number of Topliss-reactive ketones (excluding diaryl/α,β-unsaturated/α-hetero) is 1. The standard InChI is InChI=1S/C22H15ClFN3O3S2/c23-16-5-11-19(12-6-16)32(29,30)18-9-3-15(4-10-18)21-25-22(27-26-21)31-13-20(28)14-1-7-17(24)8-2-14/h1-12H,13H2,(H,25,26,27). The molecule has 0 aliphatic heterocycles. The van der Waals surface area contributed by atoms with Crippen molar-refractivity contribution in [3.8, 4) is 11.4 Å². The van der Waals surface area contributed by atoms with Gasteiger partial charge in [0.2, 0.25) is 15.0 Å². The summed E-state index contributed by atoms with van der Waals surface area (Å²) in [6.45, 7) is 0. The van der Waals surface area contributed by atoms with Crippen molar-refractivity contribution in [1.82, 2.24) is 15.2 Å². The molecule has 32 heavy (non-hydrogen) atoms. The van der Waals surface area contributed by atoms with Crippen LogP contribution in [0.4, 0.5) is 4.39 Å². The number of rotatable bonds is 7. The van der Waals surface area contributed by atoms with E-state index in [1.807, 2.05) is 0 Å². The number of thioether (sulfide) groups is 1. The number of nitrogens with zero attached hydrogens (tertiary/aromatic N) is 2. The first-order valence-electron chi connectivity index (χ1n) is 9.28. The molecule has 4 aromatic rings. The zero-order chi connectivity index (χ0) is 22.7. The molecule has 1 aromatic heterocycles. The summed E-state index contributed by atoms with van der Waals surface area (Å²) in [7, 11) is -3.67. The molecular weight excluding hydrogens is 473 g/mol. The van der Waals surface area contributed by atoms with Gasteiger partial charge in [-0.05, 0) is 72.8 Å². The fourth-order valence-electron chi connectivity index (χ4n) is 2.83. The summed E-state index contributed by atoms with van der Waals surface area (Å²) >= 11 is 6.98. The van der Waals surface area contributed by atoms with Gasteiger partial charge in [0.15, 0.2) is 11.6 Å². The molecule has 0 fully saturated rings. The second kappa shape index (κ2) is 9.23. The summed E-state index contributed by atoms with van der Waals surface area (Å²) in [6.07, 6.45) is 0. The molecular formula is C22H15ClFN3O3S2. The Labute approximate surface area is 192 Å². The van der Waals surface area contributed by atoms with Crippen LogP contribution in [0.3, 0.4) is 0 Å². The molecule has 0 radical (unpaired) electrons. The Balaban J connectivity index is 1.44. The first-order chi connectivity index (χ1) is 15.3. The van der Waals surface area contributed by atoms with Crippen molar-refractivity contribution in [3.05, 3.63) is 89.2 Å². The summed E-state index contributed by atoms with van der Waals surface area (Å²) in [4.78, 5) is 16.8. The Hall–Kier alpha value is -3.01. The van der Waals surface area contributed by atoms with Gasteiger partial charge in [0.1, 0.15) is 5.82 Å². The average Bonchev–Trinajstić information content (AvgIpc) is 3.27. The fourth-order valence-corrected chi connectivity index (χ4v) is 4.91. The average molecular weight is 488 g/mol. The number of aromatic nitrogens is 3. The lowest BCUT2D eigenvalue weighted by Gasteiger charge is -2.05. The minimum Gasteiger partial charge on any atom is -0.293 e. The van der Waals surface area contributed by atoms with E-state index < -0.39 is 15.7 Å². The number of hydrogen-bond acceptors (Lipinski definition) is 6. The van der Waals surface area contributed by atoms with Crippen molar-refractivity contribution in [2.45, 2.75) is 14.9 Å². The predicted molar refractivity (Wildman–Crippen MR) is 120 cm³/mol. The second-order valence-corrected chi connectivity index (χ2v) is 10.00. The third-order valence-electron chi connectivity index (χ3n) is 4.53. The van der Waals surface area contributed by atoms with E-state index in [-0.39, 0.29) is 21.3 Å². The number of carbonyl (C=O) groups excluding carboxylic acids is 1. The van der Waals surface area contributed by atoms with Crippen LogP contribution < -0.4 is 0 Å². The van der Waals surface area contributed by atoms with Crippen LogP contribution >= 0.6 is 23.4 Å². The summed E-state index contributed by atoms with van der Waals surface area (Å²) in [5.41, 5.74) is 1.05. The van der Waals surface area contributed by atoms with Gasteiger partial charge in [-0.25, -0.2) is 17.8 Å². The van der Waals surface area contributed by atoms with Gasteiger partial charge in [-0.15, -0.1) is 5.10 Å². The normalized spacial score (nSPS) is 11.4. The number of H-pyrrole nitrogens is 1. The van der Waals surface area contributed by atoms with Crippen LogP contribution in [-0.2, 0) is 9.84 Å². The highest BCUT2D eigenvalue weighted by Gasteiger charge is 2.18. The second-order valence-electron chi connectivity index (χ2n) is 6.67. The maximum atomic E-state index is 13.0. The fraction of sp³-hybridized carbons (Fsp3) is 0.0455. The van der Waals surface area contributed by atoms with Crippen LogP contribution in [0.2, 0.25) is 5.02 Å². The van der Waals surface area contributed by atoms with Gasteiger partial charge in [-0.3, -0.25) is 9.89 Å². The van der Waals surface area contributed by atoms with Crippen LogP contribution in [0.1, 0.15) is 10.4 Å². The van der Waals surface area contributed by atoms with Gasteiger partial charge in [0.25, 0.3) is 0 Å². The van der Waals surface area contributed by atoms with Crippen LogP contribution in [0.25, 0.3) is 11.4 Å². The third-order valence-corrected chi connectivity index (χ3v) is 7.41. The highest BCUT2D eigenvalue weighted by atomic mass is 35.5. The van der Waals surface area contributed by atoms with Crippen molar-refractivity contribution >= 4 is 39.0 Å². The quantitative estimate of drug-likeness (QED) is 0.289. The van der Waals surface area contributed by atoms with Gasteiger partial charge < -0.3 is 0 Å². The molecule has 1 N–H and O–H groups in total. The van der Waals surface area contributed by atoms with Gasteiger partial charge in [0.05, 0.1) is 15.5 Å². The molecule has 0 aliphatic carbocycles. The summed E-state index contributed by atoms with van der Waals surface area (Å²) in [5, 5.41) is 7.69. The molecule has 0 saturated heterocycles. The Kier molecular flexibility index (Phi) is 6.40. The number of ketones is 1. The van der Waals surface area contributed by atoms with Crippen molar-refractivity contribution in [1.29, 1.82) is 0 Å². The maximum absolute atomic E-state index is 13.0. The minimum absolute atomic E-state index is 0.0984. The highest BCUT2D eigenvalue weighted by molar-refractivity contribution is 7.99. The number of hydrogen-bond donors (Lipinski definition) is 1. The molecule has 0 amide bonds. The first kappa shape index (κ1) is 22.2. The number of carbonyl (C=O) groups is 1. The van der Waals surface area contributed by atoms with Crippen molar-refractivity contribution in [2.24, 2.45) is 0 Å². The zero-order valence-electron chi connectivity index (χ0n) is 16.3. The lowest BCUT2D eigenvalue weighted by molar-refractivity contribution is 0.102. The van der Waals surface area contributed by atoms with Crippen LogP contribution in [0.5, 0.6) is 0 Å². The van der Waals surface area contributed by atoms with Crippen molar-refractivity contribution in [3.63, 3.8) is 0 Å². The lowest BCUT2D eigenvalue weighted by atomic mass is 10.1. The topological polar surface area (TPSA) is 92.8 Å². The molecule has 0 unspecified atom stereocenters. The smallest absolute Gasteiger partial charge is 0.209 e. The zero-order valence-corrected chi connectivity index (χ0v) is 18.7. The number of sulfone groups is 1. The van der Waals surface area contributed by atoms with E-state index in [0.717, 1.165) is 11.8 Å². The summed E-state index contributed by atoms with van der Waals surface area (Å²) in [5.74, 6) is -0.0311. The SMILES string of the molecule is O=C(CSc1n[nH]c(-c2ccc(S(=O)(=O)c3ccc(Cl)cc3)cc2)n1)c1ccc(F)cc1. The van der Waals surface area contributed by atoms with Gasteiger partial charge in [-0.2, -0.15) is 0 Å². The van der Waals surface area contributed by atoms with Gasteiger partial charge in [0, 0.05) is 16.1 Å². The van der Waals surface area contributed by atoms with Crippen LogP contribution in [-0.4, -0.2) is 35.1 Å². The van der Waals surface area contributed by atoms with Gasteiger partial charge >= 0.3 is 0 Å². The summed E-state index contributed by atoms with van der Waals surface area (Å²) in [6, 6.07) is 17.5. The molecule has 4 rings (SSSR count). The number of aromatic amines is 1. The lowest BCUT2D eigenvalue weighted by Crippen LogP contribution is -2.02. The van der Waals surface area contributed by atoms with Crippen LogP contribution in [0, 0.1) is 5.82 Å². The third kappa shape index (κ3) is 4.90. The van der Waals surface area contributed by atoms with Crippen molar-refractivity contribution < 1.29 is 17.6 Å². The molecule has 0 atom stereocenters. The number of nitrogens with one attached hydrogen (secondary N) is 1. The highest BCUT2D eigenvalue weighted by Crippen LogP contribution is 2.25. The monoisotopic (exact) mass is 487 g/mol. The minimum atomic E-state index is -3.67. The van der Waals surface area contributed by atoms with E-state index in [9.17, 15) is 17.6 Å². The molecule has 1 heterocycles. The molecule has 3 aromatic carbocycles. The molecule has 6 nitrogen and oxygen atoms in total. The number of halogens is 2. The van der Waals surface area contributed by atoms with E-state index in [2.05, 4.69) is 15.2 Å². The maximum Gasteiger partial charge on any atom is 0.209 e. The molecule has 0 spiro atoms. The Morgan fingerprint density at radius 1 is 0.938 bits per heavy atom. The molecule has 162 valence electrons. The molecule has 0 aliphatic rings. The van der Waals surface area contributed by atoms with E-state index in [1.54, 1.807) is 12.1 Å². The van der Waals surface area contributed by atoms with E-state index in [1.165, 1.54) is 60.7 Å². The molecule has 0 bridgehead atoms. The predicted octanol–water partition coefficient (Wildman–Crippen LogP) is 5.07. The van der Waals surface area contributed by atoms with E-state index in [0.29, 0.717) is 27.1 Å². The first-order valence-corrected chi connectivity index (χ1v) is 12.1. The Morgan fingerprint density at radius 3 is 2.16 bits per heavy atom. The molecule has 10 heteroatoms. The number of benzene rings is 3. The summed E-state index contributed by atoms with van der Waals surface area (Å²) < 4.78 is 38.5. The molecule has 0 saturated carbocycles. The largest absolute Gasteiger partial charge is 0.293 e. The Bertz CT molecular complexity index is 1360. The Morgan fingerprint density at radius 2 is 1.53 bits per heavy atom. The van der Waals surface area contributed by atoms with Crippen molar-refractivity contribution in [2.75, 3.05) is 5.75 Å². The van der Waals surface area contributed by atoms with Crippen LogP contribution in [0.15, 0.2) is 87.7 Å². The van der Waals surface area contributed by atoms with E-state index >= 15 is 0 Å². The van der Waals surface area contributed by atoms with Gasteiger partial charge in [-0.1, -0.05) is 23.4 Å².